The highest BCUT2D eigenvalue weighted by Crippen LogP contribution is 2.38. The molecule has 2 aliphatic heterocycles. The normalized spacial score (nSPS) is 35.6. The van der Waals surface area contributed by atoms with Crippen molar-refractivity contribution in [3.05, 3.63) is 0 Å². The van der Waals surface area contributed by atoms with Gasteiger partial charge in [-0.15, -0.1) is 0 Å². The third-order valence-electron chi connectivity index (χ3n) is 4.37. The van der Waals surface area contributed by atoms with Gasteiger partial charge >= 0.3 is 0 Å². The summed E-state index contributed by atoms with van der Waals surface area (Å²) in [5.74, 6) is 2.00. The van der Waals surface area contributed by atoms with Gasteiger partial charge in [-0.05, 0) is 32.2 Å². The summed E-state index contributed by atoms with van der Waals surface area (Å²) in [6, 6.07) is 0. The first kappa shape index (κ1) is 13.7. The van der Waals surface area contributed by atoms with E-state index in [9.17, 15) is 0 Å². The van der Waals surface area contributed by atoms with Crippen molar-refractivity contribution in [2.75, 3.05) is 39.1 Å². The molecule has 0 bridgehead atoms. The summed E-state index contributed by atoms with van der Waals surface area (Å²) < 4.78 is 5.43. The van der Waals surface area contributed by atoms with Gasteiger partial charge < -0.3 is 10.5 Å². The second-order valence-electron chi connectivity index (χ2n) is 5.69. The van der Waals surface area contributed by atoms with Crippen molar-refractivity contribution in [1.82, 2.24) is 4.90 Å². The van der Waals surface area contributed by atoms with Gasteiger partial charge in [-0.3, -0.25) is 4.90 Å². The van der Waals surface area contributed by atoms with E-state index in [1.807, 2.05) is 0 Å². The molecule has 100 valence electrons. The van der Waals surface area contributed by atoms with E-state index in [2.05, 4.69) is 30.6 Å². The Hall–Kier alpha value is 0.230. The molecule has 2 saturated heterocycles. The van der Waals surface area contributed by atoms with E-state index >= 15 is 0 Å². The number of nitrogens with two attached hydrogens (primary N) is 1. The van der Waals surface area contributed by atoms with Crippen LogP contribution in [0.4, 0.5) is 0 Å². The lowest BCUT2D eigenvalue weighted by atomic mass is 9.91. The molecule has 0 radical (unpaired) electrons. The molecule has 0 aromatic rings. The van der Waals surface area contributed by atoms with Crippen molar-refractivity contribution in [2.24, 2.45) is 11.7 Å². The first-order chi connectivity index (χ1) is 8.16. The molecule has 2 fully saturated rings. The highest BCUT2D eigenvalue weighted by Gasteiger charge is 2.40. The summed E-state index contributed by atoms with van der Waals surface area (Å²) in [4.78, 5) is 2.54. The fourth-order valence-electron chi connectivity index (χ4n) is 3.02. The molecule has 2 atom stereocenters. The molecule has 2 heterocycles. The zero-order valence-electron chi connectivity index (χ0n) is 11.2. The molecule has 2 unspecified atom stereocenters. The van der Waals surface area contributed by atoms with Crippen LogP contribution in [0.15, 0.2) is 0 Å². The van der Waals surface area contributed by atoms with Crippen molar-refractivity contribution >= 4 is 11.8 Å². The van der Waals surface area contributed by atoms with Gasteiger partial charge in [0.1, 0.15) is 0 Å². The number of thioether (sulfide) groups is 1. The quantitative estimate of drug-likeness (QED) is 0.831. The van der Waals surface area contributed by atoms with E-state index in [1.54, 1.807) is 0 Å². The fraction of sp³-hybridized carbons (Fsp3) is 1.00. The van der Waals surface area contributed by atoms with Crippen molar-refractivity contribution in [2.45, 2.75) is 37.0 Å². The van der Waals surface area contributed by atoms with Crippen molar-refractivity contribution in [1.29, 1.82) is 0 Å². The predicted molar refractivity (Wildman–Crippen MR) is 74.5 cm³/mol. The molecule has 17 heavy (non-hydrogen) atoms. The number of hydrogen-bond acceptors (Lipinski definition) is 4. The van der Waals surface area contributed by atoms with Crippen molar-refractivity contribution in [3.8, 4) is 0 Å². The zero-order valence-corrected chi connectivity index (χ0v) is 12.0. The van der Waals surface area contributed by atoms with E-state index in [0.717, 1.165) is 30.9 Å². The number of nitrogens with zero attached hydrogens (tertiary/aromatic N) is 1. The third-order valence-corrected chi connectivity index (χ3v) is 5.81. The first-order valence-electron chi connectivity index (χ1n) is 6.77. The fourth-order valence-corrected chi connectivity index (χ4v) is 4.50. The van der Waals surface area contributed by atoms with Gasteiger partial charge in [0.25, 0.3) is 0 Å². The average molecular weight is 258 g/mol. The van der Waals surface area contributed by atoms with Crippen molar-refractivity contribution in [3.63, 3.8) is 0 Å². The smallest absolute Gasteiger partial charge is 0.0469 e. The maximum absolute atomic E-state index is 6.06. The van der Waals surface area contributed by atoms with E-state index in [0.29, 0.717) is 0 Å². The van der Waals surface area contributed by atoms with Crippen LogP contribution in [-0.2, 0) is 4.74 Å². The molecule has 2 rings (SSSR count). The van der Waals surface area contributed by atoms with Gasteiger partial charge in [-0.1, -0.05) is 6.92 Å². The minimum Gasteiger partial charge on any atom is -0.381 e. The van der Waals surface area contributed by atoms with Gasteiger partial charge in [-0.2, -0.15) is 11.8 Å². The topological polar surface area (TPSA) is 38.5 Å². The highest BCUT2D eigenvalue weighted by molar-refractivity contribution is 8.00. The van der Waals surface area contributed by atoms with Crippen LogP contribution in [-0.4, -0.2) is 54.8 Å². The van der Waals surface area contributed by atoms with Crippen LogP contribution in [0.2, 0.25) is 0 Å². The lowest BCUT2D eigenvalue weighted by molar-refractivity contribution is 0.0386. The van der Waals surface area contributed by atoms with Crippen LogP contribution in [0, 0.1) is 5.92 Å². The van der Waals surface area contributed by atoms with Crippen LogP contribution in [0.5, 0.6) is 0 Å². The maximum atomic E-state index is 6.06. The molecule has 2 N–H and O–H groups in total. The van der Waals surface area contributed by atoms with E-state index in [1.165, 1.54) is 31.6 Å². The number of ether oxygens (including phenoxy) is 1. The summed E-state index contributed by atoms with van der Waals surface area (Å²) in [5, 5.41) is 0.760. The molecule has 0 amide bonds. The van der Waals surface area contributed by atoms with Gasteiger partial charge in [0, 0.05) is 42.8 Å². The summed E-state index contributed by atoms with van der Waals surface area (Å²) >= 11 is 2.07. The SMILES string of the molecule is CC1CC(CN)(N(C)CC2CCOCC2)CS1. The molecular weight excluding hydrogens is 232 g/mol. The minimum atomic E-state index is 0.252. The highest BCUT2D eigenvalue weighted by atomic mass is 32.2. The Labute approximate surface area is 109 Å². The number of hydrogen-bond donors (Lipinski definition) is 1. The molecule has 0 spiro atoms. The molecule has 2 aliphatic rings. The molecule has 0 saturated carbocycles. The lowest BCUT2D eigenvalue weighted by Gasteiger charge is -2.40. The molecule has 0 aromatic heterocycles. The largest absolute Gasteiger partial charge is 0.381 e. The number of likely N-dealkylation sites (N-methyl/N-ethyl adjacent to an activating group) is 1. The summed E-state index contributed by atoms with van der Waals surface area (Å²) in [5.41, 5.74) is 6.31. The van der Waals surface area contributed by atoms with Gasteiger partial charge in [-0.25, -0.2) is 0 Å². The van der Waals surface area contributed by atoms with Gasteiger partial charge in [0.2, 0.25) is 0 Å². The maximum Gasteiger partial charge on any atom is 0.0469 e. The molecule has 4 heteroatoms. The minimum absolute atomic E-state index is 0.252. The van der Waals surface area contributed by atoms with Crippen molar-refractivity contribution < 1.29 is 4.74 Å². The molecular formula is C13H26N2OS. The lowest BCUT2D eigenvalue weighted by Crippen LogP contribution is -2.54. The predicted octanol–water partition coefficient (Wildman–Crippen LogP) is 1.57. The van der Waals surface area contributed by atoms with E-state index < -0.39 is 0 Å². The summed E-state index contributed by atoms with van der Waals surface area (Å²) in [7, 11) is 2.26. The van der Waals surface area contributed by atoms with E-state index in [-0.39, 0.29) is 5.54 Å². The Balaban J connectivity index is 1.90. The molecule has 0 aromatic carbocycles. The zero-order chi connectivity index (χ0) is 12.3. The van der Waals surface area contributed by atoms with Crippen LogP contribution in [0.3, 0.4) is 0 Å². The Morgan fingerprint density at radius 2 is 2.12 bits per heavy atom. The van der Waals surface area contributed by atoms with E-state index in [4.69, 9.17) is 10.5 Å². The van der Waals surface area contributed by atoms with Gasteiger partial charge in [0.15, 0.2) is 0 Å². The van der Waals surface area contributed by atoms with Crippen LogP contribution >= 0.6 is 11.8 Å². The third kappa shape index (κ3) is 3.16. The molecule has 3 nitrogen and oxygen atoms in total. The van der Waals surface area contributed by atoms with Crippen LogP contribution in [0.25, 0.3) is 0 Å². The second kappa shape index (κ2) is 5.91. The Bertz CT molecular complexity index is 246. The first-order valence-corrected chi connectivity index (χ1v) is 7.82. The molecule has 0 aliphatic carbocycles. The van der Waals surface area contributed by atoms with Gasteiger partial charge in [0.05, 0.1) is 0 Å². The van der Waals surface area contributed by atoms with Crippen LogP contribution in [0.1, 0.15) is 26.2 Å². The summed E-state index contributed by atoms with van der Waals surface area (Å²) in [6.45, 7) is 6.20. The summed E-state index contributed by atoms with van der Waals surface area (Å²) in [6.07, 6.45) is 3.68. The Kier molecular flexibility index (Phi) is 4.75. The monoisotopic (exact) mass is 258 g/mol. The standard InChI is InChI=1S/C13H26N2OS/c1-11-7-13(9-14,10-17-11)15(2)8-12-3-5-16-6-4-12/h11-12H,3-10,14H2,1-2H3. The number of rotatable bonds is 4. The second-order valence-corrected chi connectivity index (χ2v) is 7.12. The Morgan fingerprint density at radius 1 is 1.41 bits per heavy atom. The Morgan fingerprint density at radius 3 is 2.65 bits per heavy atom. The average Bonchev–Trinajstić information content (AvgIpc) is 2.73. The van der Waals surface area contributed by atoms with Crippen LogP contribution < -0.4 is 5.73 Å².